The molecule has 2 unspecified atom stereocenters. The van der Waals surface area contributed by atoms with Crippen LogP contribution >= 0.6 is 11.3 Å². The highest BCUT2D eigenvalue weighted by molar-refractivity contribution is 7.20. The van der Waals surface area contributed by atoms with Gasteiger partial charge in [-0.05, 0) is 37.9 Å². The van der Waals surface area contributed by atoms with Gasteiger partial charge in [0.15, 0.2) is 5.01 Å². The fraction of sp³-hybridized carbons (Fsp3) is 0.412. The van der Waals surface area contributed by atoms with Crippen molar-refractivity contribution in [2.75, 3.05) is 13.1 Å². The summed E-state index contributed by atoms with van der Waals surface area (Å²) in [6, 6.07) is 6.81. The molecule has 1 aliphatic rings. The van der Waals surface area contributed by atoms with Crippen LogP contribution in [0.2, 0.25) is 0 Å². The topological polar surface area (TPSA) is 121 Å². The maximum absolute atomic E-state index is 12.9. The van der Waals surface area contributed by atoms with Crippen LogP contribution in [0.5, 0.6) is 0 Å². The van der Waals surface area contributed by atoms with Crippen LogP contribution in [-0.2, 0) is 4.79 Å². The molecule has 3 rings (SSSR count). The molecule has 1 amide bonds. The molecule has 2 heterocycles. The van der Waals surface area contributed by atoms with Crippen LogP contribution in [0.4, 0.5) is 0 Å². The van der Waals surface area contributed by atoms with Gasteiger partial charge in [-0.15, -0.1) is 11.3 Å². The number of rotatable bonds is 9. The fourth-order valence-electron chi connectivity index (χ4n) is 2.68. The number of hydrogen-bond acceptors (Lipinski definition) is 7. The molecule has 1 saturated heterocycles. The van der Waals surface area contributed by atoms with Crippen LogP contribution in [0, 0.1) is 0 Å². The molecule has 8 nitrogen and oxygen atoms in total. The number of aliphatic imine (C=N–C) groups is 1. The summed E-state index contributed by atoms with van der Waals surface area (Å²) in [6.07, 6.45) is 3.34. The molecule has 1 aliphatic heterocycles. The van der Waals surface area contributed by atoms with E-state index in [9.17, 15) is 9.59 Å². The molecule has 2 atom stereocenters. The number of Topliss-reactive ketones (excluding diaryl/α,β-unsaturated/α-hetero) is 1. The van der Waals surface area contributed by atoms with E-state index < -0.39 is 6.04 Å². The monoisotopic (exact) mass is 374 g/mol. The van der Waals surface area contributed by atoms with Crippen LogP contribution in [0.3, 0.4) is 0 Å². The molecule has 0 aliphatic carbocycles. The van der Waals surface area contributed by atoms with E-state index in [0.717, 1.165) is 23.2 Å². The smallest absolute Gasteiger partial charge is 0.237 e. The van der Waals surface area contributed by atoms with E-state index in [-0.39, 0.29) is 17.7 Å². The van der Waals surface area contributed by atoms with Crippen LogP contribution in [0.1, 0.15) is 29.1 Å². The van der Waals surface area contributed by atoms with Gasteiger partial charge in [-0.25, -0.2) is 10.8 Å². The Labute approximate surface area is 155 Å². The molecule has 1 aromatic carbocycles. The first-order chi connectivity index (χ1) is 12.7. The highest BCUT2D eigenvalue weighted by Gasteiger charge is 2.30. The molecule has 0 bridgehead atoms. The summed E-state index contributed by atoms with van der Waals surface area (Å²) in [6.45, 7) is 1.35. The largest absolute Gasteiger partial charge is 0.344 e. The Balaban J connectivity index is 1.70. The lowest BCUT2D eigenvalue weighted by atomic mass is 10.0. The Morgan fingerprint density at radius 3 is 2.96 bits per heavy atom. The van der Waals surface area contributed by atoms with Crippen molar-refractivity contribution in [1.29, 1.82) is 0 Å². The summed E-state index contributed by atoms with van der Waals surface area (Å²) in [5.41, 5.74) is 3.13. The molecule has 26 heavy (non-hydrogen) atoms. The number of fused-ring (bicyclic) bond motifs is 1. The van der Waals surface area contributed by atoms with E-state index in [2.05, 4.69) is 26.0 Å². The molecule has 138 valence electrons. The number of thiazole rings is 1. The normalized spacial score (nSPS) is 17.8. The summed E-state index contributed by atoms with van der Waals surface area (Å²) < 4.78 is 0.959. The van der Waals surface area contributed by atoms with Gasteiger partial charge in [0.1, 0.15) is 0 Å². The first-order valence-electron chi connectivity index (χ1n) is 8.57. The predicted octanol–water partition coefficient (Wildman–Crippen LogP) is 0.598. The van der Waals surface area contributed by atoms with Crippen LogP contribution in [-0.4, -0.2) is 48.2 Å². The number of ketones is 1. The Morgan fingerprint density at radius 2 is 2.27 bits per heavy atom. The number of hydrazine groups is 1. The molecule has 1 fully saturated rings. The SMILES string of the molecule is NNC=NCCCC(NC(=O)C1CCN1)C(=O)c1nc2ccccc2s1. The van der Waals surface area contributed by atoms with Crippen molar-refractivity contribution in [3.63, 3.8) is 0 Å². The van der Waals surface area contributed by atoms with Gasteiger partial charge in [0.2, 0.25) is 11.7 Å². The maximum Gasteiger partial charge on any atom is 0.237 e. The number of benzene rings is 1. The zero-order valence-electron chi connectivity index (χ0n) is 14.3. The molecular weight excluding hydrogens is 352 g/mol. The molecule has 0 saturated carbocycles. The number of carbonyl (C=O) groups excluding carboxylic acids is 2. The number of carbonyl (C=O) groups is 2. The lowest BCUT2D eigenvalue weighted by Crippen LogP contribution is -2.56. The first-order valence-corrected chi connectivity index (χ1v) is 9.38. The van der Waals surface area contributed by atoms with E-state index in [1.54, 1.807) is 0 Å². The van der Waals surface area contributed by atoms with Gasteiger partial charge in [-0.3, -0.25) is 14.6 Å². The third-order valence-corrected chi connectivity index (χ3v) is 5.27. The van der Waals surface area contributed by atoms with Crippen molar-refractivity contribution in [2.45, 2.75) is 31.3 Å². The van der Waals surface area contributed by atoms with Gasteiger partial charge < -0.3 is 16.1 Å². The second-order valence-corrected chi connectivity index (χ2v) is 7.08. The molecule has 5 N–H and O–H groups in total. The molecule has 0 spiro atoms. The van der Waals surface area contributed by atoms with Crippen molar-refractivity contribution in [3.05, 3.63) is 29.3 Å². The minimum Gasteiger partial charge on any atom is -0.344 e. The van der Waals surface area contributed by atoms with Crippen molar-refractivity contribution >= 4 is 39.6 Å². The van der Waals surface area contributed by atoms with Crippen LogP contribution < -0.4 is 21.9 Å². The highest BCUT2D eigenvalue weighted by atomic mass is 32.1. The standard InChI is InChI=1S/C17H22N6O2S/c18-21-10-19-8-3-5-12(22-16(25)13-7-9-20-13)15(24)17-23-11-4-1-2-6-14(11)26-17/h1-2,4,6,10,12-13,20H,3,5,7-9,18H2,(H,19,21)(H,22,25). The van der Waals surface area contributed by atoms with Crippen molar-refractivity contribution in [3.8, 4) is 0 Å². The third-order valence-electron chi connectivity index (χ3n) is 4.22. The number of nitrogens with two attached hydrogens (primary N) is 1. The minimum atomic E-state index is -0.605. The van der Waals surface area contributed by atoms with E-state index >= 15 is 0 Å². The second-order valence-electron chi connectivity index (χ2n) is 6.05. The second kappa shape index (κ2) is 8.84. The number of amides is 1. The number of nitrogens with zero attached hydrogens (tertiary/aromatic N) is 2. The van der Waals surface area contributed by atoms with Gasteiger partial charge in [0, 0.05) is 6.54 Å². The van der Waals surface area contributed by atoms with E-state index in [4.69, 9.17) is 5.84 Å². The van der Waals surface area contributed by atoms with Crippen molar-refractivity contribution in [1.82, 2.24) is 21.0 Å². The maximum atomic E-state index is 12.9. The highest BCUT2D eigenvalue weighted by Crippen LogP contribution is 2.23. The summed E-state index contributed by atoms with van der Waals surface area (Å²) in [5.74, 6) is 4.84. The Morgan fingerprint density at radius 1 is 1.46 bits per heavy atom. The third kappa shape index (κ3) is 4.43. The zero-order chi connectivity index (χ0) is 18.4. The molecule has 0 radical (unpaired) electrons. The van der Waals surface area contributed by atoms with E-state index in [1.165, 1.54) is 17.7 Å². The summed E-state index contributed by atoms with van der Waals surface area (Å²) >= 11 is 1.35. The molecule has 9 heteroatoms. The van der Waals surface area contributed by atoms with E-state index in [0.29, 0.717) is 24.4 Å². The van der Waals surface area contributed by atoms with Gasteiger partial charge in [0.05, 0.1) is 28.6 Å². The Bertz CT molecular complexity index is 768. The number of aromatic nitrogens is 1. The average Bonchev–Trinajstić information content (AvgIpc) is 3.02. The average molecular weight is 374 g/mol. The molecule has 1 aromatic heterocycles. The summed E-state index contributed by atoms with van der Waals surface area (Å²) in [7, 11) is 0. The fourth-order valence-corrected chi connectivity index (χ4v) is 3.64. The van der Waals surface area contributed by atoms with Crippen LogP contribution in [0.25, 0.3) is 10.2 Å². The number of hydrogen-bond donors (Lipinski definition) is 4. The molecule has 2 aromatic rings. The van der Waals surface area contributed by atoms with Gasteiger partial charge in [-0.2, -0.15) is 0 Å². The number of para-hydroxylation sites is 1. The lowest BCUT2D eigenvalue weighted by Gasteiger charge is -2.28. The van der Waals surface area contributed by atoms with Crippen LogP contribution in [0.15, 0.2) is 29.3 Å². The zero-order valence-corrected chi connectivity index (χ0v) is 15.1. The predicted molar refractivity (Wildman–Crippen MR) is 102 cm³/mol. The van der Waals surface area contributed by atoms with Crippen molar-refractivity contribution < 1.29 is 9.59 Å². The van der Waals surface area contributed by atoms with Crippen molar-refractivity contribution in [2.24, 2.45) is 10.8 Å². The summed E-state index contributed by atoms with van der Waals surface area (Å²) in [4.78, 5) is 33.7. The number of nitrogens with one attached hydrogen (secondary N) is 3. The van der Waals surface area contributed by atoms with Gasteiger partial charge >= 0.3 is 0 Å². The van der Waals surface area contributed by atoms with E-state index in [1.807, 2.05) is 24.3 Å². The minimum absolute atomic E-state index is 0.136. The summed E-state index contributed by atoms with van der Waals surface area (Å²) in [5, 5.41) is 6.35. The Kier molecular flexibility index (Phi) is 6.26. The Hall–Kier alpha value is -2.36. The first kappa shape index (κ1) is 18.4. The molecular formula is C17H22N6O2S. The van der Waals surface area contributed by atoms with Gasteiger partial charge in [-0.1, -0.05) is 12.1 Å². The quantitative estimate of drug-likeness (QED) is 0.127. The van der Waals surface area contributed by atoms with Gasteiger partial charge in [0.25, 0.3) is 0 Å². The lowest BCUT2D eigenvalue weighted by molar-refractivity contribution is -0.125.